The monoisotopic (exact) mass is 273 g/mol. The molecule has 2 aromatic rings. The molecule has 104 valence electrons. The van der Waals surface area contributed by atoms with Gasteiger partial charge >= 0.3 is 0 Å². The number of methoxy groups -OCH3 is 1. The third-order valence-electron chi connectivity index (χ3n) is 2.55. The molecule has 0 aliphatic heterocycles. The fourth-order valence-corrected chi connectivity index (χ4v) is 1.66. The average molecular weight is 273 g/mol. The molecular weight excluding hydrogens is 258 g/mol. The van der Waals surface area contributed by atoms with E-state index >= 15 is 0 Å². The number of aromatic nitrogens is 3. The van der Waals surface area contributed by atoms with E-state index in [1.807, 2.05) is 0 Å². The van der Waals surface area contributed by atoms with Gasteiger partial charge in [-0.25, -0.2) is 9.97 Å². The van der Waals surface area contributed by atoms with E-state index in [4.69, 9.17) is 4.74 Å². The summed E-state index contributed by atoms with van der Waals surface area (Å²) in [5.41, 5.74) is 1.12. The molecule has 0 aliphatic carbocycles. The molecule has 0 radical (unpaired) electrons. The number of hydrogen-bond acceptors (Lipinski definition) is 6. The average Bonchev–Trinajstić information content (AvgIpc) is 2.46. The predicted octanol–water partition coefficient (Wildman–Crippen LogP) is 1.48. The van der Waals surface area contributed by atoms with Crippen molar-refractivity contribution in [3.63, 3.8) is 0 Å². The van der Waals surface area contributed by atoms with Gasteiger partial charge in [0, 0.05) is 25.0 Å². The van der Waals surface area contributed by atoms with Crippen LogP contribution in [0.5, 0.6) is 5.88 Å². The van der Waals surface area contributed by atoms with Gasteiger partial charge in [-0.05, 0) is 19.1 Å². The Kier molecular flexibility index (Phi) is 4.09. The molecule has 2 N–H and O–H groups in total. The van der Waals surface area contributed by atoms with Gasteiger partial charge in [-0.1, -0.05) is 0 Å². The van der Waals surface area contributed by atoms with Crippen LogP contribution in [0.1, 0.15) is 16.1 Å². The normalized spacial score (nSPS) is 9.95. The van der Waals surface area contributed by atoms with Gasteiger partial charge in [-0.2, -0.15) is 4.98 Å². The summed E-state index contributed by atoms with van der Waals surface area (Å²) in [5.74, 6) is 0.741. The lowest BCUT2D eigenvalue weighted by Crippen LogP contribution is -2.17. The maximum Gasteiger partial charge on any atom is 0.261 e. The van der Waals surface area contributed by atoms with Crippen molar-refractivity contribution < 1.29 is 9.53 Å². The number of amides is 1. The second-order valence-electron chi connectivity index (χ2n) is 3.98. The van der Waals surface area contributed by atoms with Gasteiger partial charge in [0.15, 0.2) is 0 Å². The Hall–Kier alpha value is -2.70. The van der Waals surface area contributed by atoms with Crippen LogP contribution in [-0.2, 0) is 0 Å². The SMILES string of the molecule is CNc1ncccc1C(=O)Nc1nc(C)cc(OC)n1. The minimum absolute atomic E-state index is 0.192. The summed E-state index contributed by atoms with van der Waals surface area (Å²) >= 11 is 0. The number of carbonyl (C=O) groups is 1. The number of anilines is 2. The van der Waals surface area contributed by atoms with Crippen molar-refractivity contribution in [2.45, 2.75) is 6.92 Å². The molecule has 2 aromatic heterocycles. The molecule has 2 heterocycles. The van der Waals surface area contributed by atoms with Crippen LogP contribution in [-0.4, -0.2) is 35.0 Å². The van der Waals surface area contributed by atoms with Crippen LogP contribution in [0.2, 0.25) is 0 Å². The summed E-state index contributed by atoms with van der Waals surface area (Å²) in [6, 6.07) is 5.04. The molecule has 0 spiro atoms. The molecule has 0 saturated heterocycles. The zero-order valence-electron chi connectivity index (χ0n) is 11.5. The quantitative estimate of drug-likeness (QED) is 0.877. The van der Waals surface area contributed by atoms with Crippen molar-refractivity contribution >= 4 is 17.7 Å². The molecule has 0 aromatic carbocycles. The van der Waals surface area contributed by atoms with E-state index in [1.54, 1.807) is 38.4 Å². The van der Waals surface area contributed by atoms with Gasteiger partial charge in [0.2, 0.25) is 11.8 Å². The molecule has 2 rings (SSSR count). The van der Waals surface area contributed by atoms with Crippen LogP contribution in [0.15, 0.2) is 24.4 Å². The fourth-order valence-electron chi connectivity index (χ4n) is 1.66. The Morgan fingerprint density at radius 2 is 2.15 bits per heavy atom. The second kappa shape index (κ2) is 5.96. The number of nitrogens with one attached hydrogen (secondary N) is 2. The molecule has 0 aliphatic rings. The molecule has 0 saturated carbocycles. The highest BCUT2D eigenvalue weighted by Gasteiger charge is 2.13. The molecule has 0 fully saturated rings. The topological polar surface area (TPSA) is 89.0 Å². The van der Waals surface area contributed by atoms with Crippen molar-refractivity contribution in [1.29, 1.82) is 0 Å². The number of pyridine rings is 1. The van der Waals surface area contributed by atoms with Gasteiger partial charge < -0.3 is 10.1 Å². The van der Waals surface area contributed by atoms with Crippen LogP contribution < -0.4 is 15.4 Å². The first-order valence-electron chi connectivity index (χ1n) is 5.98. The van der Waals surface area contributed by atoms with Crippen molar-refractivity contribution in [2.24, 2.45) is 0 Å². The zero-order valence-corrected chi connectivity index (χ0v) is 11.5. The Bertz CT molecular complexity index is 630. The van der Waals surface area contributed by atoms with E-state index in [-0.39, 0.29) is 11.9 Å². The van der Waals surface area contributed by atoms with Crippen LogP contribution in [0.4, 0.5) is 11.8 Å². The van der Waals surface area contributed by atoms with Crippen LogP contribution in [0, 0.1) is 6.92 Å². The van der Waals surface area contributed by atoms with Crippen molar-refractivity contribution in [2.75, 3.05) is 24.8 Å². The summed E-state index contributed by atoms with van der Waals surface area (Å²) in [4.78, 5) is 24.5. The minimum atomic E-state index is -0.338. The third kappa shape index (κ3) is 3.00. The lowest BCUT2D eigenvalue weighted by molar-refractivity contribution is 0.102. The molecular formula is C13H15N5O2. The van der Waals surface area contributed by atoms with Crippen LogP contribution in [0.25, 0.3) is 0 Å². The van der Waals surface area contributed by atoms with E-state index in [2.05, 4.69) is 25.6 Å². The third-order valence-corrected chi connectivity index (χ3v) is 2.55. The number of carbonyl (C=O) groups excluding carboxylic acids is 1. The zero-order chi connectivity index (χ0) is 14.5. The Balaban J connectivity index is 2.25. The fraction of sp³-hybridized carbons (Fsp3) is 0.231. The smallest absolute Gasteiger partial charge is 0.261 e. The molecule has 0 unspecified atom stereocenters. The molecule has 7 nitrogen and oxygen atoms in total. The Labute approximate surface area is 116 Å². The maximum atomic E-state index is 12.2. The summed E-state index contributed by atoms with van der Waals surface area (Å²) in [5, 5.41) is 5.49. The molecule has 0 atom stereocenters. The Morgan fingerprint density at radius 3 is 2.85 bits per heavy atom. The number of nitrogens with zero attached hydrogens (tertiary/aromatic N) is 3. The van der Waals surface area contributed by atoms with Crippen LogP contribution >= 0.6 is 0 Å². The molecule has 7 heteroatoms. The molecule has 20 heavy (non-hydrogen) atoms. The maximum absolute atomic E-state index is 12.2. The van der Waals surface area contributed by atoms with Gasteiger partial charge in [0.05, 0.1) is 12.7 Å². The minimum Gasteiger partial charge on any atom is -0.481 e. The summed E-state index contributed by atoms with van der Waals surface area (Å²) in [6.45, 7) is 1.79. The first kappa shape index (κ1) is 13.7. The summed E-state index contributed by atoms with van der Waals surface area (Å²) < 4.78 is 5.04. The van der Waals surface area contributed by atoms with E-state index in [0.29, 0.717) is 23.0 Å². The first-order chi connectivity index (χ1) is 9.63. The van der Waals surface area contributed by atoms with Gasteiger partial charge in [-0.3, -0.25) is 10.1 Å². The highest BCUT2D eigenvalue weighted by Crippen LogP contribution is 2.15. The summed E-state index contributed by atoms with van der Waals surface area (Å²) in [7, 11) is 3.21. The van der Waals surface area contributed by atoms with E-state index < -0.39 is 0 Å². The lowest BCUT2D eigenvalue weighted by atomic mass is 10.2. The van der Waals surface area contributed by atoms with E-state index in [0.717, 1.165) is 0 Å². The van der Waals surface area contributed by atoms with Crippen molar-refractivity contribution in [3.8, 4) is 5.88 Å². The number of rotatable bonds is 4. The van der Waals surface area contributed by atoms with Crippen molar-refractivity contribution in [1.82, 2.24) is 15.0 Å². The standard InChI is InChI=1S/C13H15N5O2/c1-8-7-10(20-3)17-13(16-8)18-12(19)9-5-4-6-15-11(9)14-2/h4-7H,1-3H3,(H,14,15)(H,16,17,18,19). The molecule has 1 amide bonds. The largest absolute Gasteiger partial charge is 0.481 e. The van der Waals surface area contributed by atoms with E-state index in [1.165, 1.54) is 7.11 Å². The summed E-state index contributed by atoms with van der Waals surface area (Å²) in [6.07, 6.45) is 1.61. The van der Waals surface area contributed by atoms with Crippen LogP contribution in [0.3, 0.4) is 0 Å². The number of hydrogen-bond donors (Lipinski definition) is 2. The van der Waals surface area contributed by atoms with Gasteiger partial charge in [0.1, 0.15) is 5.82 Å². The van der Waals surface area contributed by atoms with Gasteiger partial charge in [-0.15, -0.1) is 0 Å². The number of ether oxygens (including phenoxy) is 1. The number of aryl methyl sites for hydroxylation is 1. The highest BCUT2D eigenvalue weighted by atomic mass is 16.5. The lowest BCUT2D eigenvalue weighted by Gasteiger charge is -2.09. The first-order valence-corrected chi connectivity index (χ1v) is 5.98. The van der Waals surface area contributed by atoms with E-state index in [9.17, 15) is 4.79 Å². The van der Waals surface area contributed by atoms with Crippen molar-refractivity contribution in [3.05, 3.63) is 35.7 Å². The molecule has 0 bridgehead atoms. The van der Waals surface area contributed by atoms with Gasteiger partial charge in [0.25, 0.3) is 5.91 Å². The highest BCUT2D eigenvalue weighted by molar-refractivity contribution is 6.06. The Morgan fingerprint density at radius 1 is 1.35 bits per heavy atom. The predicted molar refractivity (Wildman–Crippen MR) is 75.1 cm³/mol. The second-order valence-corrected chi connectivity index (χ2v) is 3.98.